The van der Waals surface area contributed by atoms with Crippen molar-refractivity contribution in [3.05, 3.63) is 76.5 Å². The number of H-pyrrole nitrogens is 1. The lowest BCUT2D eigenvalue weighted by atomic mass is 9.99. The predicted molar refractivity (Wildman–Crippen MR) is 200 cm³/mol. The zero-order valence-corrected chi connectivity index (χ0v) is 32.2. The largest absolute Gasteiger partial charge is 0.543 e. The highest BCUT2D eigenvalue weighted by molar-refractivity contribution is 6.74. The number of amides is 3. The van der Waals surface area contributed by atoms with E-state index in [1.807, 2.05) is 43.5 Å². The first kappa shape index (κ1) is 38.7. The van der Waals surface area contributed by atoms with Gasteiger partial charge in [0.15, 0.2) is 0 Å². The molecule has 1 aromatic heterocycles. The molecule has 0 unspecified atom stereocenters. The molecule has 0 bridgehead atoms. The van der Waals surface area contributed by atoms with E-state index in [0.29, 0.717) is 29.2 Å². The monoisotopic (exact) mass is 722 g/mol. The van der Waals surface area contributed by atoms with Crippen molar-refractivity contribution < 1.29 is 28.3 Å². The number of ether oxygens (including phenoxy) is 1. The Labute approximate surface area is 301 Å². The second-order valence-corrected chi connectivity index (χ2v) is 19.8. The Hall–Kier alpha value is -4.09. The third-order valence-electron chi connectivity index (χ3n) is 9.79. The highest BCUT2D eigenvalue weighted by Crippen LogP contribution is 2.40. The fourth-order valence-electron chi connectivity index (χ4n) is 5.63. The molecule has 0 saturated heterocycles. The summed E-state index contributed by atoms with van der Waals surface area (Å²) >= 11 is 6.79. The van der Waals surface area contributed by atoms with E-state index in [2.05, 4.69) is 49.5 Å². The molecule has 3 N–H and O–H groups in total. The number of cyclic esters (lactones) is 1. The van der Waals surface area contributed by atoms with Gasteiger partial charge in [-0.2, -0.15) is 0 Å². The zero-order valence-electron chi connectivity index (χ0n) is 30.4. The number of carbonyl (C=O) groups is 4. The second kappa shape index (κ2) is 16.3. The maximum absolute atomic E-state index is 14.4. The molecule has 12 heteroatoms. The van der Waals surface area contributed by atoms with Crippen LogP contribution in [0.4, 0.5) is 0 Å². The number of para-hydroxylation sites is 1. The maximum atomic E-state index is 14.4. The number of hydrogen-bond donors (Lipinski definition) is 3. The third-order valence-corrected chi connectivity index (χ3v) is 14.4. The number of aromatic amines is 1. The molecule has 1 aliphatic rings. The van der Waals surface area contributed by atoms with Gasteiger partial charge in [0.05, 0.1) is 24.1 Å². The number of nitrogens with one attached hydrogen (secondary N) is 3. The Morgan fingerprint density at radius 3 is 2.46 bits per heavy atom. The van der Waals surface area contributed by atoms with Crippen molar-refractivity contribution in [3.63, 3.8) is 0 Å². The first-order chi connectivity index (χ1) is 23.5. The van der Waals surface area contributed by atoms with Gasteiger partial charge in [-0.25, -0.2) is 0 Å². The Morgan fingerprint density at radius 1 is 1.04 bits per heavy atom. The molecule has 0 aliphatic carbocycles. The molecule has 270 valence electrons. The number of likely N-dealkylation sites (N-methyl/N-ethyl adjacent to an activating group) is 1. The minimum absolute atomic E-state index is 0.0504. The molecule has 2 heterocycles. The number of aromatic nitrogens is 1. The van der Waals surface area contributed by atoms with E-state index in [-0.39, 0.29) is 36.8 Å². The van der Waals surface area contributed by atoms with Crippen molar-refractivity contribution in [2.75, 3.05) is 13.7 Å². The van der Waals surface area contributed by atoms with Crippen LogP contribution in [-0.2, 0) is 30.3 Å². The van der Waals surface area contributed by atoms with Crippen molar-refractivity contribution in [2.45, 2.75) is 103 Å². The molecule has 1 aliphatic heterocycles. The van der Waals surface area contributed by atoms with E-state index in [1.165, 1.54) is 4.90 Å². The van der Waals surface area contributed by atoms with Crippen LogP contribution >= 0.6 is 11.6 Å². The molecule has 0 spiro atoms. The number of rotatable bonds is 5. The fraction of sp³-hybridized carbons (Fsp3) is 0.474. The van der Waals surface area contributed by atoms with Gasteiger partial charge in [-0.1, -0.05) is 68.3 Å². The van der Waals surface area contributed by atoms with Crippen LogP contribution < -0.4 is 15.1 Å². The molecule has 2 aromatic carbocycles. The molecule has 50 heavy (non-hydrogen) atoms. The summed E-state index contributed by atoms with van der Waals surface area (Å²) in [6.45, 7) is 14.4. The quantitative estimate of drug-likeness (QED) is 0.148. The third kappa shape index (κ3) is 9.78. The van der Waals surface area contributed by atoms with E-state index in [0.717, 1.165) is 22.0 Å². The van der Waals surface area contributed by atoms with Crippen LogP contribution in [-0.4, -0.2) is 67.6 Å². The summed E-state index contributed by atoms with van der Waals surface area (Å²) < 4.78 is 12.0. The van der Waals surface area contributed by atoms with Gasteiger partial charge < -0.3 is 29.7 Å². The SMILES string of the molecule is CC1=CCCOC(=O)C[C@H](c2ccc(O[Si](C)(C)C(C)(C)C)c(Cl)c2)NC(=O)[C@@H](Cc2c[nH]c3ccccc23)N(C)C(=O)[C@H](C)NC(=O)CC1. The molecule has 3 atom stereocenters. The molecular formula is C38H51ClN4O6Si. The summed E-state index contributed by atoms with van der Waals surface area (Å²) in [5.74, 6) is -1.12. The lowest BCUT2D eigenvalue weighted by molar-refractivity contribution is -0.145. The Balaban J connectivity index is 1.72. The van der Waals surface area contributed by atoms with Gasteiger partial charge in [-0.05, 0) is 74.1 Å². The number of allylic oxidation sites excluding steroid dienone is 1. The van der Waals surface area contributed by atoms with Crippen molar-refractivity contribution in [3.8, 4) is 5.75 Å². The van der Waals surface area contributed by atoms with Gasteiger partial charge in [0.2, 0.25) is 17.7 Å². The maximum Gasteiger partial charge on any atom is 0.308 e. The van der Waals surface area contributed by atoms with E-state index < -0.39 is 44.2 Å². The van der Waals surface area contributed by atoms with Gasteiger partial charge in [0.1, 0.15) is 17.8 Å². The smallest absolute Gasteiger partial charge is 0.308 e. The Bertz CT molecular complexity index is 1750. The average molecular weight is 723 g/mol. The van der Waals surface area contributed by atoms with E-state index in [9.17, 15) is 19.2 Å². The van der Waals surface area contributed by atoms with Crippen LogP contribution in [0, 0.1) is 0 Å². The number of benzene rings is 2. The summed E-state index contributed by atoms with van der Waals surface area (Å²) in [6.07, 6.45) is 4.97. The second-order valence-electron chi connectivity index (χ2n) is 14.7. The lowest BCUT2D eigenvalue weighted by Crippen LogP contribution is -2.54. The molecule has 0 saturated carbocycles. The topological polar surface area (TPSA) is 130 Å². The number of carbonyl (C=O) groups excluding carboxylic acids is 4. The average Bonchev–Trinajstić information content (AvgIpc) is 3.46. The Kier molecular flexibility index (Phi) is 12.6. The van der Waals surface area contributed by atoms with Crippen molar-refractivity contribution in [2.24, 2.45) is 0 Å². The van der Waals surface area contributed by atoms with Crippen LogP contribution in [0.2, 0.25) is 23.2 Å². The van der Waals surface area contributed by atoms with E-state index in [4.69, 9.17) is 20.8 Å². The first-order valence-corrected chi connectivity index (χ1v) is 20.5. The number of nitrogens with zero attached hydrogens (tertiary/aromatic N) is 1. The van der Waals surface area contributed by atoms with Crippen LogP contribution in [0.15, 0.2) is 60.3 Å². The number of esters is 1. The summed E-state index contributed by atoms with van der Waals surface area (Å²) in [7, 11) is -0.647. The van der Waals surface area contributed by atoms with Gasteiger partial charge >= 0.3 is 5.97 Å². The standard InChI is InChI=1S/C38H51ClN4O6Si/c1-24-12-11-19-48-35(45)22-31(26-16-17-33(29(39)20-26)49-50(7,8)38(3,4)5)42-36(46)32(21-27-23-40-30-14-10-9-13-28(27)30)43(6)37(47)25(2)41-34(44)18-15-24/h9-10,12-14,16-17,20,23,25,31-32,40H,11,15,18-19,21-22H2,1-8H3,(H,41,44)(H,42,46)/t25-,31+,32+/m0/s1. The van der Waals surface area contributed by atoms with Gasteiger partial charge in [-0.15, -0.1) is 0 Å². The molecule has 3 amide bonds. The minimum Gasteiger partial charge on any atom is -0.543 e. The predicted octanol–water partition coefficient (Wildman–Crippen LogP) is 7.00. The van der Waals surface area contributed by atoms with E-state index in [1.54, 1.807) is 32.2 Å². The van der Waals surface area contributed by atoms with Gasteiger partial charge in [0.25, 0.3) is 8.32 Å². The molecular weight excluding hydrogens is 672 g/mol. The van der Waals surface area contributed by atoms with Crippen molar-refractivity contribution in [1.29, 1.82) is 0 Å². The number of fused-ring (bicyclic) bond motifs is 1. The van der Waals surface area contributed by atoms with Crippen molar-refractivity contribution in [1.82, 2.24) is 20.5 Å². The first-order valence-electron chi connectivity index (χ1n) is 17.2. The van der Waals surface area contributed by atoms with Crippen LogP contribution in [0.1, 0.15) is 77.5 Å². The molecule has 4 rings (SSSR count). The zero-order chi connectivity index (χ0) is 36.8. The van der Waals surface area contributed by atoms with Crippen LogP contribution in [0.5, 0.6) is 5.75 Å². The number of hydrogen-bond acceptors (Lipinski definition) is 6. The molecule has 3 aromatic rings. The van der Waals surface area contributed by atoms with Gasteiger partial charge in [-0.3, -0.25) is 19.2 Å². The van der Waals surface area contributed by atoms with Crippen LogP contribution in [0.25, 0.3) is 10.9 Å². The normalized spacial score (nSPS) is 21.1. The van der Waals surface area contributed by atoms with Crippen molar-refractivity contribution >= 4 is 54.5 Å². The summed E-state index contributed by atoms with van der Waals surface area (Å²) in [5, 5.41) is 7.08. The lowest BCUT2D eigenvalue weighted by Gasteiger charge is -2.36. The summed E-state index contributed by atoms with van der Waals surface area (Å²) in [6, 6.07) is 10.3. The minimum atomic E-state index is -2.21. The number of halogens is 1. The molecule has 0 radical (unpaired) electrons. The highest BCUT2D eigenvalue weighted by atomic mass is 35.5. The molecule has 10 nitrogen and oxygen atoms in total. The summed E-state index contributed by atoms with van der Waals surface area (Å²) in [5.41, 5.74) is 3.31. The summed E-state index contributed by atoms with van der Waals surface area (Å²) in [4.78, 5) is 58.7. The highest BCUT2D eigenvalue weighted by Gasteiger charge is 2.39. The van der Waals surface area contributed by atoms with Gasteiger partial charge in [0, 0.05) is 37.0 Å². The molecule has 0 fully saturated rings. The van der Waals surface area contributed by atoms with Crippen LogP contribution in [0.3, 0.4) is 0 Å². The fourth-order valence-corrected chi connectivity index (χ4v) is 6.96. The van der Waals surface area contributed by atoms with E-state index >= 15 is 0 Å². The Morgan fingerprint density at radius 2 is 1.76 bits per heavy atom.